The van der Waals surface area contributed by atoms with Gasteiger partial charge >= 0.3 is 0 Å². The highest BCUT2D eigenvalue weighted by molar-refractivity contribution is 9.10. The molecule has 0 bridgehead atoms. The second-order valence-electron chi connectivity index (χ2n) is 5.41. The second-order valence-corrected chi connectivity index (χ2v) is 6.33. The summed E-state index contributed by atoms with van der Waals surface area (Å²) >= 11 is 3.31. The van der Waals surface area contributed by atoms with Gasteiger partial charge in [0.1, 0.15) is 6.61 Å². The van der Waals surface area contributed by atoms with Crippen LogP contribution in [0.3, 0.4) is 0 Å². The van der Waals surface area contributed by atoms with E-state index in [1.54, 1.807) is 30.6 Å². The molecule has 126 valence electrons. The van der Waals surface area contributed by atoms with E-state index in [0.29, 0.717) is 23.7 Å². The molecule has 5 nitrogen and oxygen atoms in total. The summed E-state index contributed by atoms with van der Waals surface area (Å²) in [7, 11) is 0. The lowest BCUT2D eigenvalue weighted by molar-refractivity contribution is 0.102. The summed E-state index contributed by atoms with van der Waals surface area (Å²) in [6, 6.07) is 13.2. The van der Waals surface area contributed by atoms with E-state index in [4.69, 9.17) is 4.74 Å². The Morgan fingerprint density at radius 2 is 2.04 bits per heavy atom. The maximum atomic E-state index is 12.4. The van der Waals surface area contributed by atoms with Crippen LogP contribution in [0.25, 0.3) is 0 Å². The van der Waals surface area contributed by atoms with Gasteiger partial charge in [0.05, 0.1) is 5.56 Å². The zero-order valence-electron chi connectivity index (χ0n) is 13.6. The number of amides is 1. The van der Waals surface area contributed by atoms with Crippen molar-refractivity contribution in [2.24, 2.45) is 0 Å². The van der Waals surface area contributed by atoms with Crippen LogP contribution >= 0.6 is 15.9 Å². The lowest BCUT2D eigenvalue weighted by Crippen LogP contribution is -2.14. The van der Waals surface area contributed by atoms with Crippen molar-refractivity contribution >= 4 is 27.7 Å². The van der Waals surface area contributed by atoms with E-state index in [1.807, 2.05) is 31.2 Å². The van der Waals surface area contributed by atoms with E-state index in [0.717, 1.165) is 15.6 Å². The average molecular weight is 398 g/mol. The highest BCUT2D eigenvalue weighted by Crippen LogP contribution is 2.23. The SMILES string of the molecule is Cc1ccccc1COc1cccnc1NC(=O)c1cncc(Br)c1. The van der Waals surface area contributed by atoms with Gasteiger partial charge in [-0.3, -0.25) is 9.78 Å². The third-order valence-corrected chi connectivity index (χ3v) is 4.05. The maximum absolute atomic E-state index is 12.4. The van der Waals surface area contributed by atoms with E-state index in [-0.39, 0.29) is 5.91 Å². The van der Waals surface area contributed by atoms with Gasteiger partial charge in [-0.25, -0.2) is 4.98 Å². The number of carbonyl (C=O) groups excluding carboxylic acids is 1. The molecule has 0 aliphatic rings. The largest absolute Gasteiger partial charge is 0.485 e. The summed E-state index contributed by atoms with van der Waals surface area (Å²) < 4.78 is 6.60. The summed E-state index contributed by atoms with van der Waals surface area (Å²) in [5, 5.41) is 2.77. The Labute approximate surface area is 154 Å². The van der Waals surface area contributed by atoms with Gasteiger partial charge in [-0.1, -0.05) is 24.3 Å². The van der Waals surface area contributed by atoms with Gasteiger partial charge in [-0.2, -0.15) is 0 Å². The van der Waals surface area contributed by atoms with Crippen molar-refractivity contribution < 1.29 is 9.53 Å². The summed E-state index contributed by atoms with van der Waals surface area (Å²) in [6.45, 7) is 2.44. The van der Waals surface area contributed by atoms with Gasteiger partial charge in [-0.05, 0) is 52.2 Å². The molecule has 0 fully saturated rings. The van der Waals surface area contributed by atoms with E-state index < -0.39 is 0 Å². The Morgan fingerprint density at radius 1 is 1.20 bits per heavy atom. The molecule has 1 N–H and O–H groups in total. The quantitative estimate of drug-likeness (QED) is 0.693. The molecule has 0 unspecified atom stereocenters. The van der Waals surface area contributed by atoms with Gasteiger partial charge in [-0.15, -0.1) is 0 Å². The average Bonchev–Trinajstić information content (AvgIpc) is 2.62. The molecule has 0 spiro atoms. The van der Waals surface area contributed by atoms with Crippen LogP contribution in [0.1, 0.15) is 21.5 Å². The molecule has 2 aromatic heterocycles. The number of hydrogen-bond acceptors (Lipinski definition) is 4. The minimum Gasteiger partial charge on any atom is -0.485 e. The topological polar surface area (TPSA) is 64.1 Å². The number of halogens is 1. The van der Waals surface area contributed by atoms with E-state index in [2.05, 4.69) is 31.2 Å². The predicted molar refractivity (Wildman–Crippen MR) is 99.6 cm³/mol. The molecule has 0 atom stereocenters. The number of nitrogens with zero attached hydrogens (tertiary/aromatic N) is 2. The van der Waals surface area contributed by atoms with E-state index in [1.165, 1.54) is 6.20 Å². The fourth-order valence-electron chi connectivity index (χ4n) is 2.24. The first-order valence-electron chi connectivity index (χ1n) is 7.68. The molecule has 0 aliphatic carbocycles. The zero-order valence-corrected chi connectivity index (χ0v) is 15.2. The first-order valence-corrected chi connectivity index (χ1v) is 8.47. The van der Waals surface area contributed by atoms with Crippen molar-refractivity contribution in [3.05, 3.63) is 82.2 Å². The Hall–Kier alpha value is -2.73. The molecule has 0 saturated carbocycles. The fourth-order valence-corrected chi connectivity index (χ4v) is 2.61. The number of carbonyl (C=O) groups is 1. The summed E-state index contributed by atoms with van der Waals surface area (Å²) in [6.07, 6.45) is 4.72. The number of aromatic nitrogens is 2. The van der Waals surface area contributed by atoms with Crippen molar-refractivity contribution in [2.75, 3.05) is 5.32 Å². The molecule has 2 heterocycles. The number of hydrogen-bond donors (Lipinski definition) is 1. The van der Waals surface area contributed by atoms with Gasteiger partial charge < -0.3 is 10.1 Å². The summed E-state index contributed by atoms with van der Waals surface area (Å²) in [5.41, 5.74) is 2.67. The minimum atomic E-state index is -0.298. The van der Waals surface area contributed by atoms with Gasteiger partial charge in [0, 0.05) is 23.1 Å². The van der Waals surface area contributed by atoms with Crippen molar-refractivity contribution in [1.82, 2.24) is 9.97 Å². The molecule has 3 rings (SSSR count). The summed E-state index contributed by atoms with van der Waals surface area (Å²) in [4.78, 5) is 20.6. The van der Waals surface area contributed by atoms with Gasteiger partial charge in [0.2, 0.25) is 0 Å². The first kappa shape index (κ1) is 17.1. The molecule has 0 saturated heterocycles. The number of rotatable bonds is 5. The second kappa shape index (κ2) is 7.90. The van der Waals surface area contributed by atoms with Crippen LogP contribution in [0.2, 0.25) is 0 Å². The molecule has 0 aliphatic heterocycles. The van der Waals surface area contributed by atoms with Crippen LogP contribution in [0.15, 0.2) is 65.5 Å². The lowest BCUT2D eigenvalue weighted by atomic mass is 10.1. The van der Waals surface area contributed by atoms with Crippen LogP contribution in [0.5, 0.6) is 5.75 Å². The molecule has 1 aromatic carbocycles. The van der Waals surface area contributed by atoms with Crippen LogP contribution in [-0.4, -0.2) is 15.9 Å². The first-order chi connectivity index (χ1) is 12.1. The Kier molecular flexibility index (Phi) is 5.40. The van der Waals surface area contributed by atoms with Crippen LogP contribution in [0.4, 0.5) is 5.82 Å². The third kappa shape index (κ3) is 4.42. The Balaban J connectivity index is 1.75. The van der Waals surface area contributed by atoms with Gasteiger partial charge in [0.15, 0.2) is 11.6 Å². The minimum absolute atomic E-state index is 0.298. The molecule has 1 amide bonds. The van der Waals surface area contributed by atoms with Crippen LogP contribution < -0.4 is 10.1 Å². The van der Waals surface area contributed by atoms with Crippen molar-refractivity contribution in [1.29, 1.82) is 0 Å². The lowest BCUT2D eigenvalue weighted by Gasteiger charge is -2.12. The summed E-state index contributed by atoms with van der Waals surface area (Å²) in [5.74, 6) is 0.594. The molecular formula is C19H16BrN3O2. The van der Waals surface area contributed by atoms with Crippen molar-refractivity contribution in [3.8, 4) is 5.75 Å². The highest BCUT2D eigenvalue weighted by Gasteiger charge is 2.12. The van der Waals surface area contributed by atoms with Crippen molar-refractivity contribution in [2.45, 2.75) is 13.5 Å². The molecular weight excluding hydrogens is 382 g/mol. The Bertz CT molecular complexity index is 899. The van der Waals surface area contributed by atoms with E-state index in [9.17, 15) is 4.79 Å². The fraction of sp³-hybridized carbons (Fsp3) is 0.105. The van der Waals surface area contributed by atoms with Gasteiger partial charge in [0.25, 0.3) is 5.91 Å². The third-order valence-electron chi connectivity index (χ3n) is 3.61. The normalized spacial score (nSPS) is 10.3. The maximum Gasteiger partial charge on any atom is 0.258 e. The number of benzene rings is 1. The standard InChI is InChI=1S/C19H16BrN3O2/c1-13-5-2-3-6-14(13)12-25-17-7-4-8-22-18(17)23-19(24)15-9-16(20)11-21-10-15/h2-11H,12H2,1H3,(H,22,23,24). The van der Waals surface area contributed by atoms with Crippen molar-refractivity contribution in [3.63, 3.8) is 0 Å². The monoisotopic (exact) mass is 397 g/mol. The smallest absolute Gasteiger partial charge is 0.258 e. The highest BCUT2D eigenvalue weighted by atomic mass is 79.9. The van der Waals surface area contributed by atoms with Crippen LogP contribution in [-0.2, 0) is 6.61 Å². The number of pyridine rings is 2. The predicted octanol–water partition coefficient (Wildman–Crippen LogP) is 4.38. The van der Waals surface area contributed by atoms with Crippen LogP contribution in [0, 0.1) is 6.92 Å². The number of aryl methyl sites for hydroxylation is 1. The number of ether oxygens (including phenoxy) is 1. The molecule has 6 heteroatoms. The molecule has 25 heavy (non-hydrogen) atoms. The Morgan fingerprint density at radius 3 is 2.84 bits per heavy atom. The number of anilines is 1. The zero-order chi connectivity index (χ0) is 17.6. The van der Waals surface area contributed by atoms with E-state index >= 15 is 0 Å². The number of nitrogens with one attached hydrogen (secondary N) is 1. The molecule has 0 radical (unpaired) electrons. The molecule has 3 aromatic rings.